The van der Waals surface area contributed by atoms with Gasteiger partial charge in [-0.15, -0.1) is 0 Å². The number of ether oxygens (including phenoxy) is 2. The number of carbonyl (C=O) groups is 1. The molecule has 0 aromatic carbocycles. The van der Waals surface area contributed by atoms with E-state index in [2.05, 4.69) is 5.32 Å². The Labute approximate surface area is 206 Å². The SMILES string of the molecule is CCC(=N)C1C=C(C(F)(F)F)N(CCCOC)C1/C=C(\C)[C@@H](C)N(C(=O)[C@H]1CNCCO1)C1CC1. The molecular formula is C25H39F3N4O3. The van der Waals surface area contributed by atoms with E-state index in [-0.39, 0.29) is 30.2 Å². The van der Waals surface area contributed by atoms with Crippen LogP contribution in [0.4, 0.5) is 13.2 Å². The molecule has 0 spiro atoms. The molecule has 198 valence electrons. The molecule has 0 radical (unpaired) electrons. The topological polar surface area (TPSA) is 77.9 Å². The third-order valence-electron chi connectivity index (χ3n) is 7.10. The average Bonchev–Trinajstić information content (AvgIpc) is 3.60. The van der Waals surface area contributed by atoms with Gasteiger partial charge in [-0.25, -0.2) is 0 Å². The molecule has 1 amide bonds. The zero-order chi connectivity index (χ0) is 25.8. The second-order valence-corrected chi connectivity index (χ2v) is 9.61. The Hall–Kier alpha value is -1.91. The lowest BCUT2D eigenvalue weighted by molar-refractivity contribution is -0.147. The first-order valence-corrected chi connectivity index (χ1v) is 12.5. The number of methoxy groups -OCH3 is 1. The summed E-state index contributed by atoms with van der Waals surface area (Å²) in [7, 11) is 1.53. The Balaban J connectivity index is 1.89. The summed E-state index contributed by atoms with van der Waals surface area (Å²) in [6, 6.07) is -0.795. The quantitative estimate of drug-likeness (QED) is 0.258. The van der Waals surface area contributed by atoms with Crippen molar-refractivity contribution in [1.29, 1.82) is 5.41 Å². The van der Waals surface area contributed by atoms with Crippen LogP contribution in [0, 0.1) is 11.3 Å². The van der Waals surface area contributed by atoms with Crippen LogP contribution in [-0.2, 0) is 14.3 Å². The van der Waals surface area contributed by atoms with Gasteiger partial charge < -0.3 is 30.0 Å². The highest BCUT2D eigenvalue weighted by atomic mass is 19.4. The number of allylic oxidation sites excluding steroid dienone is 1. The highest BCUT2D eigenvalue weighted by Gasteiger charge is 2.47. The van der Waals surface area contributed by atoms with E-state index in [1.54, 1.807) is 6.92 Å². The number of morpholine rings is 1. The van der Waals surface area contributed by atoms with E-state index in [1.165, 1.54) is 18.1 Å². The molecule has 3 rings (SSSR count). The number of rotatable bonds is 11. The van der Waals surface area contributed by atoms with Gasteiger partial charge in [-0.1, -0.05) is 18.6 Å². The first kappa shape index (κ1) is 27.7. The van der Waals surface area contributed by atoms with E-state index in [4.69, 9.17) is 14.9 Å². The lowest BCUT2D eigenvalue weighted by Gasteiger charge is -2.36. The number of nitrogens with zero attached hydrogens (tertiary/aromatic N) is 2. The fraction of sp³-hybridized carbons (Fsp3) is 0.760. The van der Waals surface area contributed by atoms with Crippen molar-refractivity contribution in [2.75, 3.05) is 40.0 Å². The van der Waals surface area contributed by atoms with Crippen LogP contribution in [0.5, 0.6) is 0 Å². The Kier molecular flexibility index (Phi) is 9.40. The number of nitrogens with one attached hydrogen (secondary N) is 2. The van der Waals surface area contributed by atoms with Gasteiger partial charge in [0, 0.05) is 51.0 Å². The van der Waals surface area contributed by atoms with E-state index in [0.717, 1.165) is 18.4 Å². The van der Waals surface area contributed by atoms with Crippen molar-refractivity contribution in [3.05, 3.63) is 23.4 Å². The second-order valence-electron chi connectivity index (χ2n) is 9.61. The first-order chi connectivity index (χ1) is 16.6. The third-order valence-corrected chi connectivity index (χ3v) is 7.10. The molecule has 10 heteroatoms. The molecule has 7 nitrogen and oxygen atoms in total. The molecule has 0 bridgehead atoms. The van der Waals surface area contributed by atoms with Crippen molar-refractivity contribution in [1.82, 2.24) is 15.1 Å². The Morgan fingerprint density at radius 3 is 2.69 bits per heavy atom. The summed E-state index contributed by atoms with van der Waals surface area (Å²) in [5, 5.41) is 11.6. The van der Waals surface area contributed by atoms with Gasteiger partial charge in [-0.2, -0.15) is 13.2 Å². The fourth-order valence-corrected chi connectivity index (χ4v) is 4.92. The summed E-state index contributed by atoms with van der Waals surface area (Å²) in [5.41, 5.74) is 0.385. The lowest BCUT2D eigenvalue weighted by atomic mass is 9.91. The lowest BCUT2D eigenvalue weighted by Crippen LogP contribution is -2.53. The van der Waals surface area contributed by atoms with E-state index in [0.29, 0.717) is 39.1 Å². The zero-order valence-electron chi connectivity index (χ0n) is 21.2. The molecule has 3 aliphatic rings. The van der Waals surface area contributed by atoms with E-state index < -0.39 is 29.9 Å². The molecule has 1 saturated heterocycles. The number of hydrogen-bond acceptors (Lipinski definition) is 6. The van der Waals surface area contributed by atoms with Gasteiger partial charge in [0.15, 0.2) is 0 Å². The Bertz CT molecular complexity index is 819. The van der Waals surface area contributed by atoms with Crippen molar-refractivity contribution in [2.24, 2.45) is 5.92 Å². The molecule has 1 saturated carbocycles. The van der Waals surface area contributed by atoms with E-state index in [9.17, 15) is 18.0 Å². The maximum atomic E-state index is 14.0. The summed E-state index contributed by atoms with van der Waals surface area (Å²) < 4.78 is 52.7. The Morgan fingerprint density at radius 1 is 1.43 bits per heavy atom. The molecular weight excluding hydrogens is 461 g/mol. The van der Waals surface area contributed by atoms with E-state index in [1.807, 2.05) is 24.8 Å². The average molecular weight is 501 g/mol. The molecule has 1 aliphatic carbocycles. The summed E-state index contributed by atoms with van der Waals surface area (Å²) >= 11 is 0. The van der Waals surface area contributed by atoms with Gasteiger partial charge in [0.1, 0.15) is 11.8 Å². The van der Waals surface area contributed by atoms with Crippen molar-refractivity contribution in [3.63, 3.8) is 0 Å². The van der Waals surface area contributed by atoms with Gasteiger partial charge in [-0.3, -0.25) is 4.79 Å². The van der Waals surface area contributed by atoms with Gasteiger partial charge in [-0.05, 0) is 45.6 Å². The Morgan fingerprint density at radius 2 is 2.14 bits per heavy atom. The van der Waals surface area contributed by atoms with Gasteiger partial charge in [0.2, 0.25) is 0 Å². The number of alkyl halides is 3. The van der Waals surface area contributed by atoms with Crippen LogP contribution in [0.3, 0.4) is 0 Å². The van der Waals surface area contributed by atoms with Crippen molar-refractivity contribution in [3.8, 4) is 0 Å². The fourth-order valence-electron chi connectivity index (χ4n) is 4.92. The molecule has 2 fully saturated rings. The van der Waals surface area contributed by atoms with Crippen molar-refractivity contribution < 1.29 is 27.4 Å². The minimum atomic E-state index is -4.51. The molecule has 0 aromatic heterocycles. The van der Waals surface area contributed by atoms with E-state index >= 15 is 0 Å². The highest BCUT2D eigenvalue weighted by Crippen LogP contribution is 2.40. The van der Waals surface area contributed by atoms with Gasteiger partial charge in [0.05, 0.1) is 18.7 Å². The molecule has 2 heterocycles. The second kappa shape index (κ2) is 11.9. The minimum absolute atomic E-state index is 0.0738. The van der Waals surface area contributed by atoms with Crippen molar-refractivity contribution in [2.45, 2.75) is 76.9 Å². The van der Waals surface area contributed by atoms with Crippen LogP contribution in [0.1, 0.15) is 46.5 Å². The molecule has 0 aromatic rings. The van der Waals surface area contributed by atoms with Gasteiger partial charge >= 0.3 is 6.18 Å². The molecule has 2 N–H and O–H groups in total. The number of amides is 1. The molecule has 2 unspecified atom stereocenters. The van der Waals surface area contributed by atoms with Crippen LogP contribution < -0.4 is 5.32 Å². The number of hydrogen-bond donors (Lipinski definition) is 2. The smallest absolute Gasteiger partial charge is 0.385 e. The molecule has 35 heavy (non-hydrogen) atoms. The summed E-state index contributed by atoms with van der Waals surface area (Å²) in [4.78, 5) is 16.5. The first-order valence-electron chi connectivity index (χ1n) is 12.5. The monoisotopic (exact) mass is 500 g/mol. The van der Waals surface area contributed by atoms with Crippen LogP contribution in [-0.4, -0.2) is 91.8 Å². The van der Waals surface area contributed by atoms with Crippen LogP contribution in [0.15, 0.2) is 23.4 Å². The maximum absolute atomic E-state index is 14.0. The summed E-state index contributed by atoms with van der Waals surface area (Å²) in [6.07, 6.45) is 0.619. The predicted octanol–water partition coefficient (Wildman–Crippen LogP) is 3.51. The van der Waals surface area contributed by atoms with Crippen LogP contribution in [0.2, 0.25) is 0 Å². The maximum Gasteiger partial charge on any atom is 0.430 e. The van der Waals surface area contributed by atoms with Crippen molar-refractivity contribution >= 4 is 11.6 Å². The summed E-state index contributed by atoms with van der Waals surface area (Å²) in [5.74, 6) is -0.743. The number of halogens is 3. The van der Waals surface area contributed by atoms with Crippen LogP contribution >= 0.6 is 0 Å². The van der Waals surface area contributed by atoms with Crippen LogP contribution in [0.25, 0.3) is 0 Å². The minimum Gasteiger partial charge on any atom is -0.385 e. The van der Waals surface area contributed by atoms with Gasteiger partial charge in [0.25, 0.3) is 5.91 Å². The third kappa shape index (κ3) is 6.65. The predicted molar refractivity (Wildman–Crippen MR) is 128 cm³/mol. The highest BCUT2D eigenvalue weighted by molar-refractivity contribution is 5.87. The molecule has 2 aliphatic heterocycles. The number of carbonyl (C=O) groups excluding carboxylic acids is 1. The summed E-state index contributed by atoms with van der Waals surface area (Å²) in [6.45, 7) is 7.76. The standard InChI is InChI=1S/C25H39F3N4O3/c1-5-20(29)19-14-23(25(26,27)28)31(10-6-11-34-4)21(19)13-16(2)17(3)32(18-7-8-18)24(33)22-15-30-9-12-35-22/h13-14,17-19,21-22,29-30H,5-12,15H2,1-4H3/b16-13+,29-20?/t17-,19?,21?,22-/m1/s1. The largest absolute Gasteiger partial charge is 0.430 e. The molecule has 4 atom stereocenters. The zero-order valence-corrected chi connectivity index (χ0v) is 21.2. The normalized spacial score (nSPS) is 26.5.